The van der Waals surface area contributed by atoms with Crippen molar-refractivity contribution >= 4 is 0 Å². The Morgan fingerprint density at radius 2 is 1.40 bits per heavy atom. The monoisotopic (exact) mass is 394 g/mol. The molecule has 146 valence electrons. The van der Waals surface area contributed by atoms with E-state index in [1.807, 2.05) is 85.1 Å². The summed E-state index contributed by atoms with van der Waals surface area (Å²) >= 11 is 0. The summed E-state index contributed by atoms with van der Waals surface area (Å²) in [6, 6.07) is 29.7. The Hall–Kier alpha value is -4.19. The van der Waals surface area contributed by atoms with Crippen molar-refractivity contribution in [2.75, 3.05) is 0 Å². The lowest BCUT2D eigenvalue weighted by atomic mass is 10.1. The number of nitrogens with zero attached hydrogens (tertiary/aromatic N) is 4. The van der Waals surface area contributed by atoms with Gasteiger partial charge in [-0.3, -0.25) is 0 Å². The molecule has 0 saturated carbocycles. The number of ether oxygens (including phenoxy) is 1. The Bertz CT molecular complexity index is 1230. The molecule has 0 amide bonds. The minimum Gasteiger partial charge on any atom is -0.471 e. The minimum atomic E-state index is 0.282. The van der Waals surface area contributed by atoms with Crippen LogP contribution < -0.4 is 4.74 Å². The smallest absolute Gasteiger partial charge is 0.278 e. The predicted octanol–water partition coefficient (Wildman–Crippen LogP) is 5.30. The Balaban J connectivity index is 1.24. The molecule has 2 aromatic heterocycles. The molecule has 6 heteroatoms. The highest BCUT2D eigenvalue weighted by molar-refractivity contribution is 5.64. The maximum atomic E-state index is 5.84. The summed E-state index contributed by atoms with van der Waals surface area (Å²) in [6.07, 6.45) is 1.82. The van der Waals surface area contributed by atoms with Crippen LogP contribution in [0.4, 0.5) is 0 Å². The zero-order valence-electron chi connectivity index (χ0n) is 16.1. The van der Waals surface area contributed by atoms with E-state index in [0.717, 1.165) is 16.9 Å². The fraction of sp³-hybridized carbons (Fsp3) is 0.0417. The summed E-state index contributed by atoms with van der Waals surface area (Å²) in [4.78, 5) is 4.43. The van der Waals surface area contributed by atoms with Crippen molar-refractivity contribution in [3.8, 4) is 39.8 Å². The summed E-state index contributed by atoms with van der Waals surface area (Å²) in [6.45, 7) is 0.282. The lowest BCUT2D eigenvalue weighted by Crippen LogP contribution is -2.05. The van der Waals surface area contributed by atoms with Gasteiger partial charge in [0.2, 0.25) is 5.82 Å². The third-order valence-electron chi connectivity index (χ3n) is 4.64. The van der Waals surface area contributed by atoms with Crippen LogP contribution in [0, 0.1) is 0 Å². The number of aromatic nitrogens is 4. The molecule has 0 aliphatic heterocycles. The van der Waals surface area contributed by atoms with Crippen molar-refractivity contribution in [1.29, 1.82) is 0 Å². The number of rotatable bonds is 6. The van der Waals surface area contributed by atoms with E-state index >= 15 is 0 Å². The fourth-order valence-electron chi connectivity index (χ4n) is 3.09. The van der Waals surface area contributed by atoms with Crippen molar-refractivity contribution in [1.82, 2.24) is 19.9 Å². The fourth-order valence-corrected chi connectivity index (χ4v) is 3.09. The third-order valence-corrected chi connectivity index (χ3v) is 4.64. The van der Waals surface area contributed by atoms with Gasteiger partial charge in [0.25, 0.3) is 5.89 Å². The summed E-state index contributed by atoms with van der Waals surface area (Å²) in [7, 11) is 0. The second-order valence-electron chi connectivity index (χ2n) is 6.69. The average molecular weight is 394 g/mol. The molecule has 0 radical (unpaired) electrons. The van der Waals surface area contributed by atoms with E-state index < -0.39 is 0 Å². The van der Waals surface area contributed by atoms with Gasteiger partial charge < -0.3 is 9.26 Å². The molecule has 30 heavy (non-hydrogen) atoms. The molecule has 2 heterocycles. The molecule has 5 rings (SSSR count). The molecule has 0 fully saturated rings. The van der Waals surface area contributed by atoms with Crippen molar-refractivity contribution < 1.29 is 9.26 Å². The van der Waals surface area contributed by atoms with Gasteiger partial charge in [-0.1, -0.05) is 78.0 Å². The molecular weight excluding hydrogens is 376 g/mol. The predicted molar refractivity (Wildman–Crippen MR) is 113 cm³/mol. The van der Waals surface area contributed by atoms with Crippen molar-refractivity contribution in [2.45, 2.75) is 6.73 Å². The largest absolute Gasteiger partial charge is 0.471 e. The zero-order chi connectivity index (χ0) is 20.2. The van der Waals surface area contributed by atoms with Crippen LogP contribution in [0.15, 0.2) is 102 Å². The average Bonchev–Trinajstić information content (AvgIpc) is 3.49. The Morgan fingerprint density at radius 1 is 0.733 bits per heavy atom. The number of benzene rings is 3. The minimum absolute atomic E-state index is 0.282. The first-order valence-corrected chi connectivity index (χ1v) is 9.56. The summed E-state index contributed by atoms with van der Waals surface area (Å²) in [5.41, 5.74) is 3.83. The van der Waals surface area contributed by atoms with E-state index in [0.29, 0.717) is 17.4 Å². The highest BCUT2D eigenvalue weighted by Crippen LogP contribution is 2.23. The Kier molecular flexibility index (Phi) is 4.79. The van der Waals surface area contributed by atoms with Gasteiger partial charge in [-0.25, -0.2) is 4.68 Å². The van der Waals surface area contributed by atoms with Crippen molar-refractivity contribution in [2.24, 2.45) is 0 Å². The van der Waals surface area contributed by atoms with Crippen LogP contribution in [-0.4, -0.2) is 19.9 Å². The van der Waals surface area contributed by atoms with Crippen LogP contribution in [0.2, 0.25) is 0 Å². The maximum absolute atomic E-state index is 5.84. The molecule has 5 aromatic rings. The van der Waals surface area contributed by atoms with Crippen LogP contribution in [0.1, 0.15) is 0 Å². The van der Waals surface area contributed by atoms with Crippen LogP contribution in [0.25, 0.3) is 34.1 Å². The van der Waals surface area contributed by atoms with Gasteiger partial charge in [-0.2, -0.15) is 10.1 Å². The standard InChI is InChI=1S/C24H18N4O2/c1-3-7-18(8-4-1)19-11-13-21(14-12-19)29-17-28-16-15-22(26-28)24-25-23(27-30-24)20-9-5-2-6-10-20/h1-16H,17H2. The molecule has 0 aliphatic rings. The van der Waals surface area contributed by atoms with Crippen LogP contribution >= 0.6 is 0 Å². The third kappa shape index (κ3) is 3.84. The van der Waals surface area contributed by atoms with E-state index in [9.17, 15) is 0 Å². The van der Waals surface area contributed by atoms with E-state index in [2.05, 4.69) is 27.4 Å². The molecule has 0 saturated heterocycles. The van der Waals surface area contributed by atoms with Gasteiger partial charge >= 0.3 is 0 Å². The highest BCUT2D eigenvalue weighted by atomic mass is 16.5. The zero-order valence-corrected chi connectivity index (χ0v) is 16.1. The molecular formula is C24H18N4O2. The van der Waals surface area contributed by atoms with Gasteiger partial charge in [0.15, 0.2) is 12.4 Å². The molecule has 0 N–H and O–H groups in total. The second-order valence-corrected chi connectivity index (χ2v) is 6.69. The summed E-state index contributed by atoms with van der Waals surface area (Å²) in [5.74, 6) is 1.69. The number of hydrogen-bond donors (Lipinski definition) is 0. The molecule has 0 bridgehead atoms. The highest BCUT2D eigenvalue weighted by Gasteiger charge is 2.13. The first-order chi connectivity index (χ1) is 14.8. The second kappa shape index (κ2) is 8.05. The van der Waals surface area contributed by atoms with E-state index in [-0.39, 0.29) is 6.73 Å². The Labute approximate surface area is 173 Å². The van der Waals surface area contributed by atoms with Gasteiger partial charge in [0, 0.05) is 11.8 Å². The molecule has 3 aromatic carbocycles. The van der Waals surface area contributed by atoms with Crippen LogP contribution in [0.3, 0.4) is 0 Å². The molecule has 6 nitrogen and oxygen atoms in total. The maximum Gasteiger partial charge on any atom is 0.278 e. The van der Waals surface area contributed by atoms with Gasteiger partial charge in [-0.15, -0.1) is 0 Å². The molecule has 0 aliphatic carbocycles. The van der Waals surface area contributed by atoms with Gasteiger partial charge in [0.05, 0.1) is 0 Å². The Morgan fingerprint density at radius 3 is 2.13 bits per heavy atom. The van der Waals surface area contributed by atoms with Gasteiger partial charge in [-0.05, 0) is 29.3 Å². The number of hydrogen-bond acceptors (Lipinski definition) is 5. The van der Waals surface area contributed by atoms with Gasteiger partial charge in [0.1, 0.15) is 5.75 Å². The molecule has 0 spiro atoms. The summed E-state index contributed by atoms with van der Waals surface area (Å²) < 4.78 is 12.9. The summed E-state index contributed by atoms with van der Waals surface area (Å²) in [5, 5.41) is 8.50. The van der Waals surface area contributed by atoms with Crippen molar-refractivity contribution in [3.63, 3.8) is 0 Å². The van der Waals surface area contributed by atoms with Crippen molar-refractivity contribution in [3.05, 3.63) is 97.2 Å². The molecule has 0 atom stereocenters. The van der Waals surface area contributed by atoms with E-state index in [1.54, 1.807) is 4.68 Å². The van der Waals surface area contributed by atoms with Crippen LogP contribution in [0.5, 0.6) is 5.75 Å². The normalized spacial score (nSPS) is 10.8. The first kappa shape index (κ1) is 17.9. The van der Waals surface area contributed by atoms with E-state index in [4.69, 9.17) is 9.26 Å². The first-order valence-electron chi connectivity index (χ1n) is 9.56. The quantitative estimate of drug-likeness (QED) is 0.391. The van der Waals surface area contributed by atoms with Crippen LogP contribution in [-0.2, 0) is 6.73 Å². The lowest BCUT2D eigenvalue weighted by Gasteiger charge is -2.07. The lowest BCUT2D eigenvalue weighted by molar-refractivity contribution is 0.221. The van der Waals surface area contributed by atoms with E-state index in [1.165, 1.54) is 5.56 Å². The SMILES string of the molecule is c1ccc(-c2ccc(OCn3ccc(-c4nc(-c5ccccc5)no4)n3)cc2)cc1. The topological polar surface area (TPSA) is 66.0 Å². The molecule has 0 unspecified atom stereocenters.